The molecule has 28 heavy (non-hydrogen) atoms. The van der Waals surface area contributed by atoms with Gasteiger partial charge in [0, 0.05) is 28.3 Å². The van der Waals surface area contributed by atoms with Crippen molar-refractivity contribution < 1.29 is 24.0 Å². The molecule has 1 N–H and O–H groups in total. The van der Waals surface area contributed by atoms with Gasteiger partial charge in [0.05, 0.1) is 17.3 Å². The zero-order valence-corrected chi connectivity index (χ0v) is 15.9. The molecule has 0 saturated heterocycles. The lowest BCUT2D eigenvalue weighted by Crippen LogP contribution is -2.13. The molecule has 0 aliphatic carbocycles. The minimum Gasteiger partial charge on any atom is -0.466 e. The fraction of sp³-hybridized carbons (Fsp3) is 0.211. The number of Topliss-reactive ketones (excluding diaryl/α,β-unsaturated/α-hetero) is 1. The number of carbonyl (C=O) groups is 3. The maximum Gasteiger partial charge on any atom is 0.313 e. The third-order valence-electron chi connectivity index (χ3n) is 3.48. The van der Waals surface area contributed by atoms with Gasteiger partial charge in [0.25, 0.3) is 11.6 Å². The van der Waals surface area contributed by atoms with E-state index in [9.17, 15) is 24.5 Å². The molecule has 2 rings (SSSR count). The van der Waals surface area contributed by atoms with Crippen molar-refractivity contribution in [3.63, 3.8) is 0 Å². The van der Waals surface area contributed by atoms with Gasteiger partial charge >= 0.3 is 5.97 Å². The first-order valence-corrected chi connectivity index (χ1v) is 9.33. The molecule has 0 aromatic heterocycles. The molecule has 9 heteroatoms. The monoisotopic (exact) mass is 402 g/mol. The number of hydrogen-bond acceptors (Lipinski definition) is 7. The average molecular weight is 402 g/mol. The van der Waals surface area contributed by atoms with Crippen LogP contribution in [0.2, 0.25) is 0 Å². The van der Waals surface area contributed by atoms with Gasteiger partial charge < -0.3 is 10.1 Å². The van der Waals surface area contributed by atoms with Crippen LogP contribution in [0.3, 0.4) is 0 Å². The van der Waals surface area contributed by atoms with Crippen LogP contribution >= 0.6 is 11.8 Å². The lowest BCUT2D eigenvalue weighted by Gasteiger charge is -2.07. The predicted molar refractivity (Wildman–Crippen MR) is 104 cm³/mol. The van der Waals surface area contributed by atoms with Gasteiger partial charge in [-0.25, -0.2) is 0 Å². The second-order valence-corrected chi connectivity index (χ2v) is 6.64. The SMILES string of the molecule is CCOC(=O)CC(=O)CSc1cccc(NC(=O)c2ccc([N+](=O)[O-])cc2)c1. The normalized spacial score (nSPS) is 10.2. The highest BCUT2D eigenvalue weighted by molar-refractivity contribution is 8.00. The summed E-state index contributed by atoms with van der Waals surface area (Å²) < 4.78 is 4.74. The lowest BCUT2D eigenvalue weighted by atomic mass is 10.2. The summed E-state index contributed by atoms with van der Waals surface area (Å²) in [5.74, 6) is -1.09. The maximum atomic E-state index is 12.3. The van der Waals surface area contributed by atoms with E-state index < -0.39 is 16.8 Å². The average Bonchev–Trinajstić information content (AvgIpc) is 2.67. The van der Waals surface area contributed by atoms with Gasteiger partial charge in [0.1, 0.15) is 6.42 Å². The molecule has 0 aliphatic rings. The summed E-state index contributed by atoms with van der Waals surface area (Å²) in [5.41, 5.74) is 0.710. The highest BCUT2D eigenvalue weighted by Crippen LogP contribution is 2.22. The Hall–Kier alpha value is -3.20. The molecule has 0 atom stereocenters. The van der Waals surface area contributed by atoms with Gasteiger partial charge in [-0.1, -0.05) is 6.07 Å². The van der Waals surface area contributed by atoms with E-state index in [0.29, 0.717) is 5.69 Å². The predicted octanol–water partition coefficient (Wildman–Crippen LogP) is 3.46. The first-order chi connectivity index (χ1) is 13.4. The zero-order valence-electron chi connectivity index (χ0n) is 15.0. The van der Waals surface area contributed by atoms with Crippen molar-refractivity contribution >= 4 is 40.8 Å². The number of nitro groups is 1. The molecule has 0 fully saturated rings. The Balaban J connectivity index is 1.93. The van der Waals surface area contributed by atoms with E-state index in [1.54, 1.807) is 31.2 Å². The summed E-state index contributed by atoms with van der Waals surface area (Å²) in [6, 6.07) is 12.2. The molecule has 146 valence electrons. The number of rotatable bonds is 9. The van der Waals surface area contributed by atoms with E-state index >= 15 is 0 Å². The molecule has 0 heterocycles. The Morgan fingerprint density at radius 3 is 2.50 bits per heavy atom. The van der Waals surface area contributed by atoms with Crippen molar-refractivity contribution in [1.29, 1.82) is 0 Å². The Morgan fingerprint density at radius 2 is 1.86 bits per heavy atom. The summed E-state index contributed by atoms with van der Waals surface area (Å²) in [7, 11) is 0. The van der Waals surface area contributed by atoms with Crippen LogP contribution in [0.5, 0.6) is 0 Å². The van der Waals surface area contributed by atoms with Crippen LogP contribution in [0.1, 0.15) is 23.7 Å². The van der Waals surface area contributed by atoms with Crippen LogP contribution in [0, 0.1) is 10.1 Å². The van der Waals surface area contributed by atoms with E-state index in [0.717, 1.165) is 4.90 Å². The molecule has 0 radical (unpaired) electrons. The van der Waals surface area contributed by atoms with E-state index in [-0.39, 0.29) is 35.8 Å². The molecule has 0 spiro atoms. The van der Waals surface area contributed by atoms with Crippen molar-refractivity contribution in [2.45, 2.75) is 18.2 Å². The van der Waals surface area contributed by atoms with Gasteiger partial charge in [-0.05, 0) is 37.3 Å². The number of ketones is 1. The molecule has 0 aliphatic heterocycles. The molecule has 2 aromatic rings. The molecular weight excluding hydrogens is 384 g/mol. The highest BCUT2D eigenvalue weighted by atomic mass is 32.2. The second-order valence-electron chi connectivity index (χ2n) is 5.60. The topological polar surface area (TPSA) is 116 Å². The van der Waals surface area contributed by atoms with Crippen LogP contribution in [0.25, 0.3) is 0 Å². The smallest absolute Gasteiger partial charge is 0.313 e. The van der Waals surface area contributed by atoms with Crippen LogP contribution in [0.15, 0.2) is 53.4 Å². The van der Waals surface area contributed by atoms with Gasteiger partial charge in [-0.15, -0.1) is 11.8 Å². The van der Waals surface area contributed by atoms with Crippen LogP contribution in [-0.2, 0) is 14.3 Å². The minimum absolute atomic E-state index is 0.0950. The Bertz CT molecular complexity index is 882. The molecule has 2 aromatic carbocycles. The largest absolute Gasteiger partial charge is 0.466 e. The number of thioether (sulfide) groups is 1. The summed E-state index contributed by atoms with van der Waals surface area (Å²) in [6.07, 6.45) is -0.266. The van der Waals surface area contributed by atoms with Crippen LogP contribution in [0.4, 0.5) is 11.4 Å². The standard InChI is InChI=1S/C19H18N2O6S/c1-2-27-18(23)11-16(22)12-28-17-5-3-4-14(10-17)20-19(24)13-6-8-15(9-7-13)21(25)26/h3-10H,2,11-12H2,1H3,(H,20,24). The van der Waals surface area contributed by atoms with E-state index in [2.05, 4.69) is 5.32 Å². The summed E-state index contributed by atoms with van der Waals surface area (Å²) in [4.78, 5) is 46.2. The van der Waals surface area contributed by atoms with Crippen molar-refractivity contribution in [3.8, 4) is 0 Å². The van der Waals surface area contributed by atoms with E-state index in [1.807, 2.05) is 0 Å². The minimum atomic E-state index is -0.544. The number of nitrogens with one attached hydrogen (secondary N) is 1. The number of carbonyl (C=O) groups excluding carboxylic acids is 3. The van der Waals surface area contributed by atoms with Crippen LogP contribution < -0.4 is 5.32 Å². The Morgan fingerprint density at radius 1 is 1.14 bits per heavy atom. The first kappa shape index (κ1) is 21.1. The highest BCUT2D eigenvalue weighted by Gasteiger charge is 2.12. The number of amides is 1. The molecule has 0 saturated carbocycles. The van der Waals surface area contributed by atoms with E-state index in [1.165, 1.54) is 36.0 Å². The maximum absolute atomic E-state index is 12.3. The second kappa shape index (κ2) is 10.2. The lowest BCUT2D eigenvalue weighted by molar-refractivity contribution is -0.384. The van der Waals surface area contributed by atoms with Crippen molar-refractivity contribution in [2.75, 3.05) is 17.7 Å². The quantitative estimate of drug-likeness (QED) is 0.224. The number of benzene rings is 2. The molecule has 1 amide bonds. The number of ether oxygens (including phenoxy) is 1. The summed E-state index contributed by atoms with van der Waals surface area (Å²) in [6.45, 7) is 1.91. The van der Waals surface area contributed by atoms with Crippen molar-refractivity contribution in [2.24, 2.45) is 0 Å². The fourth-order valence-electron chi connectivity index (χ4n) is 2.19. The van der Waals surface area contributed by atoms with Crippen molar-refractivity contribution in [1.82, 2.24) is 0 Å². The van der Waals surface area contributed by atoms with Gasteiger partial charge in [0.2, 0.25) is 0 Å². The number of nitro benzene ring substituents is 1. The third kappa shape index (κ3) is 6.51. The number of nitrogens with zero attached hydrogens (tertiary/aromatic N) is 1. The van der Waals surface area contributed by atoms with E-state index in [4.69, 9.17) is 4.74 Å². The number of non-ortho nitro benzene ring substituents is 1. The Labute approximate surface area is 165 Å². The third-order valence-corrected chi connectivity index (χ3v) is 4.53. The van der Waals surface area contributed by atoms with Gasteiger partial charge in [-0.2, -0.15) is 0 Å². The number of anilines is 1. The number of esters is 1. The first-order valence-electron chi connectivity index (χ1n) is 8.35. The summed E-state index contributed by atoms with van der Waals surface area (Å²) in [5, 5.41) is 13.4. The van der Waals surface area contributed by atoms with Crippen molar-refractivity contribution in [3.05, 3.63) is 64.2 Å². The molecule has 0 unspecified atom stereocenters. The molecule has 8 nitrogen and oxygen atoms in total. The fourth-order valence-corrected chi connectivity index (χ4v) is 3.00. The molecular formula is C19H18N2O6S. The Kier molecular flexibility index (Phi) is 7.70. The van der Waals surface area contributed by atoms with Crippen LogP contribution in [-0.4, -0.2) is 34.9 Å². The van der Waals surface area contributed by atoms with Gasteiger partial charge in [-0.3, -0.25) is 24.5 Å². The zero-order chi connectivity index (χ0) is 20.5. The number of hydrogen-bond donors (Lipinski definition) is 1. The molecule has 0 bridgehead atoms. The summed E-state index contributed by atoms with van der Waals surface area (Å²) >= 11 is 1.25. The van der Waals surface area contributed by atoms with Gasteiger partial charge in [0.15, 0.2) is 5.78 Å².